The summed E-state index contributed by atoms with van der Waals surface area (Å²) in [6.07, 6.45) is 1.96. The highest BCUT2D eigenvalue weighted by atomic mass is 16.5. The van der Waals surface area contributed by atoms with Crippen LogP contribution in [-0.4, -0.2) is 18.2 Å². The van der Waals surface area contributed by atoms with E-state index in [0.717, 1.165) is 40.9 Å². The lowest BCUT2D eigenvalue weighted by Crippen LogP contribution is -2.09. The summed E-state index contributed by atoms with van der Waals surface area (Å²) < 4.78 is 11.3. The Morgan fingerprint density at radius 1 is 1.05 bits per heavy atom. The molecule has 2 aromatic rings. The number of nitrogen functional groups attached to an aromatic ring is 1. The second-order valence-corrected chi connectivity index (χ2v) is 4.74. The van der Waals surface area contributed by atoms with Gasteiger partial charge in [-0.05, 0) is 32.4 Å². The molecule has 0 unspecified atom stereocenters. The number of nitrogens with zero attached hydrogens (tertiary/aromatic N) is 1. The molecule has 0 saturated carbocycles. The van der Waals surface area contributed by atoms with Crippen LogP contribution in [0.15, 0.2) is 18.2 Å². The van der Waals surface area contributed by atoms with Gasteiger partial charge in [0.15, 0.2) is 11.5 Å². The van der Waals surface area contributed by atoms with Gasteiger partial charge in [0.2, 0.25) is 0 Å². The number of aryl methyl sites for hydroxylation is 1. The Hall–Kier alpha value is -2.01. The summed E-state index contributed by atoms with van der Waals surface area (Å²) in [5.41, 5.74) is 5.49. The third kappa shape index (κ3) is 3.36. The minimum Gasteiger partial charge on any atom is -0.490 e. The summed E-state index contributed by atoms with van der Waals surface area (Å²) in [5.74, 6) is 7.09. The number of anilines is 1. The van der Waals surface area contributed by atoms with Crippen molar-refractivity contribution in [1.29, 1.82) is 0 Å². The van der Waals surface area contributed by atoms with E-state index in [4.69, 9.17) is 15.3 Å². The first-order chi connectivity index (χ1) is 10.2. The van der Waals surface area contributed by atoms with Gasteiger partial charge in [0.25, 0.3) is 0 Å². The lowest BCUT2D eigenvalue weighted by atomic mass is 10.1. The van der Waals surface area contributed by atoms with Gasteiger partial charge in [0, 0.05) is 17.1 Å². The summed E-state index contributed by atoms with van der Waals surface area (Å²) in [6, 6.07) is 5.84. The molecule has 1 heterocycles. The Labute approximate surface area is 125 Å². The Balaban J connectivity index is 2.61. The molecule has 0 fully saturated rings. The van der Waals surface area contributed by atoms with Crippen molar-refractivity contribution in [1.82, 2.24) is 4.98 Å². The van der Waals surface area contributed by atoms with Crippen LogP contribution in [0.4, 0.5) is 5.69 Å². The van der Waals surface area contributed by atoms with Gasteiger partial charge in [-0.2, -0.15) is 0 Å². The minimum atomic E-state index is 0.582. The normalized spacial score (nSPS) is 10.7. The number of aromatic nitrogens is 1. The number of rotatable bonds is 7. The molecule has 1 aromatic heterocycles. The topological polar surface area (TPSA) is 69.4 Å². The van der Waals surface area contributed by atoms with Crippen LogP contribution >= 0.6 is 0 Å². The summed E-state index contributed by atoms with van der Waals surface area (Å²) in [6.45, 7) is 7.20. The Bertz CT molecular complexity index is 614. The van der Waals surface area contributed by atoms with Crippen LogP contribution in [-0.2, 0) is 6.42 Å². The van der Waals surface area contributed by atoms with Crippen molar-refractivity contribution < 1.29 is 9.47 Å². The predicted octanol–water partition coefficient (Wildman–Crippen LogP) is 3.27. The smallest absolute Gasteiger partial charge is 0.163 e. The van der Waals surface area contributed by atoms with E-state index in [2.05, 4.69) is 17.3 Å². The number of benzene rings is 1. The highest BCUT2D eigenvalue weighted by Gasteiger charge is 2.12. The van der Waals surface area contributed by atoms with Gasteiger partial charge in [-0.25, -0.2) is 0 Å². The number of fused-ring (bicyclic) bond motifs is 1. The number of pyridine rings is 1. The fraction of sp³-hybridized carbons (Fsp3) is 0.438. The predicted molar refractivity (Wildman–Crippen MR) is 85.9 cm³/mol. The van der Waals surface area contributed by atoms with Gasteiger partial charge >= 0.3 is 0 Å². The number of nitrogens with two attached hydrogens (primary N) is 1. The molecule has 21 heavy (non-hydrogen) atoms. The third-order valence-corrected chi connectivity index (χ3v) is 3.19. The summed E-state index contributed by atoms with van der Waals surface area (Å²) >= 11 is 0. The van der Waals surface area contributed by atoms with Crippen LogP contribution in [0.5, 0.6) is 11.5 Å². The van der Waals surface area contributed by atoms with Crippen molar-refractivity contribution in [2.24, 2.45) is 5.84 Å². The molecule has 0 aliphatic carbocycles. The largest absolute Gasteiger partial charge is 0.490 e. The molecule has 0 radical (unpaired) electrons. The molecule has 0 atom stereocenters. The molecule has 3 N–H and O–H groups in total. The van der Waals surface area contributed by atoms with Gasteiger partial charge in [-0.15, -0.1) is 0 Å². The SMILES string of the molecule is CCCc1cc(NN)c2cc(OCC)c(OCC)cc2n1. The van der Waals surface area contributed by atoms with Gasteiger partial charge in [-0.1, -0.05) is 13.3 Å². The standard InChI is InChI=1S/C16H23N3O2/c1-4-7-11-8-14(19-17)12-9-15(20-5-2)16(21-6-3)10-13(12)18-11/h8-10H,4-7,17H2,1-3H3,(H,18,19). The van der Waals surface area contributed by atoms with Gasteiger partial charge in [0.1, 0.15) is 0 Å². The van der Waals surface area contributed by atoms with Crippen molar-refractivity contribution in [2.75, 3.05) is 18.6 Å². The van der Waals surface area contributed by atoms with E-state index in [0.29, 0.717) is 19.0 Å². The van der Waals surface area contributed by atoms with Gasteiger partial charge < -0.3 is 14.9 Å². The van der Waals surface area contributed by atoms with Gasteiger partial charge in [0.05, 0.1) is 24.4 Å². The van der Waals surface area contributed by atoms with Crippen molar-refractivity contribution in [3.8, 4) is 11.5 Å². The molecule has 0 bridgehead atoms. The maximum absolute atomic E-state index is 5.65. The number of hydrogen-bond acceptors (Lipinski definition) is 5. The molecular weight excluding hydrogens is 266 g/mol. The Kier molecular flexibility index (Phi) is 5.22. The van der Waals surface area contributed by atoms with E-state index in [1.165, 1.54) is 0 Å². The van der Waals surface area contributed by atoms with Crippen LogP contribution in [0.2, 0.25) is 0 Å². The van der Waals surface area contributed by atoms with Crippen molar-refractivity contribution in [2.45, 2.75) is 33.6 Å². The Morgan fingerprint density at radius 3 is 2.29 bits per heavy atom. The highest BCUT2D eigenvalue weighted by Crippen LogP contribution is 2.35. The lowest BCUT2D eigenvalue weighted by Gasteiger charge is -2.14. The third-order valence-electron chi connectivity index (χ3n) is 3.19. The first-order valence-corrected chi connectivity index (χ1v) is 7.43. The van der Waals surface area contributed by atoms with E-state index in [1.807, 2.05) is 32.0 Å². The fourth-order valence-corrected chi connectivity index (χ4v) is 2.33. The molecule has 1 aromatic carbocycles. The Morgan fingerprint density at radius 2 is 1.71 bits per heavy atom. The molecule has 0 aliphatic heterocycles. The molecule has 0 aliphatic rings. The van der Waals surface area contributed by atoms with Crippen molar-refractivity contribution in [3.63, 3.8) is 0 Å². The second kappa shape index (κ2) is 7.13. The maximum Gasteiger partial charge on any atom is 0.163 e. The maximum atomic E-state index is 5.65. The van der Waals surface area contributed by atoms with E-state index in [9.17, 15) is 0 Å². The molecule has 5 nitrogen and oxygen atoms in total. The molecular formula is C16H23N3O2. The molecule has 0 amide bonds. The molecule has 114 valence electrons. The molecule has 2 rings (SSSR count). The fourth-order valence-electron chi connectivity index (χ4n) is 2.33. The van der Waals surface area contributed by atoms with E-state index in [1.54, 1.807) is 0 Å². The molecule has 5 heteroatoms. The summed E-state index contributed by atoms with van der Waals surface area (Å²) in [5, 5.41) is 0.934. The van der Waals surface area contributed by atoms with Crippen LogP contribution in [0.1, 0.15) is 32.9 Å². The number of nitrogens with one attached hydrogen (secondary N) is 1. The van der Waals surface area contributed by atoms with Crippen LogP contribution in [0.3, 0.4) is 0 Å². The number of hydrazine groups is 1. The monoisotopic (exact) mass is 289 g/mol. The second-order valence-electron chi connectivity index (χ2n) is 4.74. The molecule has 0 spiro atoms. The quantitative estimate of drug-likeness (QED) is 0.605. The van der Waals surface area contributed by atoms with E-state index in [-0.39, 0.29) is 0 Å². The molecule has 0 saturated heterocycles. The van der Waals surface area contributed by atoms with Crippen LogP contribution in [0, 0.1) is 0 Å². The summed E-state index contributed by atoms with van der Waals surface area (Å²) in [7, 11) is 0. The minimum absolute atomic E-state index is 0.582. The average molecular weight is 289 g/mol. The lowest BCUT2D eigenvalue weighted by molar-refractivity contribution is 0.288. The van der Waals surface area contributed by atoms with Crippen LogP contribution < -0.4 is 20.7 Å². The van der Waals surface area contributed by atoms with Gasteiger partial charge in [-0.3, -0.25) is 10.8 Å². The number of hydrogen-bond donors (Lipinski definition) is 2. The van der Waals surface area contributed by atoms with E-state index < -0.39 is 0 Å². The van der Waals surface area contributed by atoms with E-state index >= 15 is 0 Å². The number of ether oxygens (including phenoxy) is 2. The first-order valence-electron chi connectivity index (χ1n) is 7.43. The van der Waals surface area contributed by atoms with Crippen molar-refractivity contribution in [3.05, 3.63) is 23.9 Å². The summed E-state index contributed by atoms with van der Waals surface area (Å²) in [4.78, 5) is 4.69. The highest BCUT2D eigenvalue weighted by molar-refractivity contribution is 5.93. The average Bonchev–Trinajstić information content (AvgIpc) is 2.48. The zero-order valence-corrected chi connectivity index (χ0v) is 12.9. The first kappa shape index (κ1) is 15.4. The van der Waals surface area contributed by atoms with Crippen molar-refractivity contribution >= 4 is 16.6 Å². The zero-order chi connectivity index (χ0) is 15.2. The van der Waals surface area contributed by atoms with Crippen LogP contribution in [0.25, 0.3) is 10.9 Å². The zero-order valence-electron chi connectivity index (χ0n) is 12.9.